The standard InChI is InChI=1S/C27H32O5.C27H32O4.C22H26O3.CH4.I2/c1-16(28)4-5-22(30)19-15-17-14-18(29)6-10-25(17,2)20-7-11-26(3)21(24(19)20)8-12-27(26)13-9-23(31)32-27;1-16-4-5-22(30-16)19-15-17-14-18(28)6-10-25(17,2)20-7-11-26(3)21(24(19)20)8-12-27(26)13-9-23(29)31-27;1-20-9-5-15(23)13-14(20)3-4-16-17(20)6-10-21(2)18(16)7-11-22(21)12-8-19(24)25-22;;1-2/h4-5,7,14,19,21,24H,6,8-13,15H2,1-3H3;4-5,7,14,19,21,24H,6,8-13,15H2,1-3H3;3-4,6,13,16,18H,5,7-12H2,1-2H3;1H4;/b5-4-;;;;/t2*19-,21-,24+,25-,26-,27+;16?,18?,20-,21-,22+;;/m000../s1. The van der Waals surface area contributed by atoms with E-state index in [4.69, 9.17) is 18.6 Å². The molecule has 0 radical (unpaired) electrons. The summed E-state index contributed by atoms with van der Waals surface area (Å²) in [6, 6.07) is 4.20. The second kappa shape index (κ2) is 23.7. The summed E-state index contributed by atoms with van der Waals surface area (Å²) in [6.45, 7) is 17.3. The number of hydrogen-bond donors (Lipinski definition) is 0. The van der Waals surface area contributed by atoms with Crippen LogP contribution in [0.1, 0.15) is 221 Å². The number of furan rings is 1. The highest BCUT2D eigenvalue weighted by atomic mass is 128. The van der Waals surface area contributed by atoms with Gasteiger partial charge in [-0.1, -0.05) is 107 Å². The molecule has 4 heterocycles. The van der Waals surface area contributed by atoms with Crippen molar-refractivity contribution in [1.82, 2.24) is 0 Å². The van der Waals surface area contributed by atoms with Gasteiger partial charge in [0.15, 0.2) is 28.9 Å². The molecule has 488 valence electrons. The fourth-order valence-electron chi connectivity index (χ4n) is 22.5. The Morgan fingerprint density at radius 3 is 1.46 bits per heavy atom. The SMILES string of the molecule is C.CC(=O)/C=C\C(=O)[C@@H]1CC2=CC(=O)CC[C@]2(C)C2=CC[C@@]3(C)[C@@H](CC[C@@]34CCC(=O)O4)[C@@H]21.C[C@]12CCC(=O)C=C1C=CC1C2=CC[C@@]2(C)C1CC[C@@]21CCC(=O)O1.Cc1ccc([C@@H]2CC3=CC(=O)CC[C@]3(C)C3=CC[C@@]4(C)[C@@H](CC[C@@]45CCC(=O)O5)[C@@H]32)o1.II. The van der Waals surface area contributed by atoms with E-state index in [1.165, 1.54) is 46.9 Å². The van der Waals surface area contributed by atoms with Gasteiger partial charge in [0.05, 0.1) is 0 Å². The number of ether oxygens (including phenoxy) is 3. The van der Waals surface area contributed by atoms with E-state index in [1.54, 1.807) is 6.08 Å². The van der Waals surface area contributed by atoms with Crippen molar-refractivity contribution in [3.8, 4) is 0 Å². The van der Waals surface area contributed by atoms with Crippen molar-refractivity contribution in [3.63, 3.8) is 0 Å². The lowest BCUT2D eigenvalue weighted by molar-refractivity contribution is -0.161. The van der Waals surface area contributed by atoms with Gasteiger partial charge in [-0.05, 0) is 201 Å². The minimum Gasteiger partial charge on any atom is -0.466 e. The van der Waals surface area contributed by atoms with Gasteiger partial charge in [0.2, 0.25) is 0 Å². The zero-order valence-electron chi connectivity index (χ0n) is 54.0. The fraction of sp³-hybridized carbons (Fsp3) is 0.636. The number of carbonyl (C=O) groups is 8. The van der Waals surface area contributed by atoms with Gasteiger partial charge in [-0.2, -0.15) is 0 Å². The molecule has 0 amide bonds. The van der Waals surface area contributed by atoms with E-state index in [0.29, 0.717) is 68.6 Å². The van der Waals surface area contributed by atoms with Crippen LogP contribution in [0.15, 0.2) is 111 Å². The van der Waals surface area contributed by atoms with Gasteiger partial charge in [0, 0.05) is 126 Å². The van der Waals surface area contributed by atoms with E-state index in [1.807, 2.05) is 19.1 Å². The molecule has 3 saturated heterocycles. The average Bonchev–Trinajstić information content (AvgIpc) is 1.63. The molecule has 14 heteroatoms. The molecule has 0 N–H and O–H groups in total. The van der Waals surface area contributed by atoms with Crippen molar-refractivity contribution < 1.29 is 57.0 Å². The molecule has 0 aromatic carbocycles. The Labute approximate surface area is 561 Å². The van der Waals surface area contributed by atoms with Crippen LogP contribution in [0.2, 0.25) is 0 Å². The highest BCUT2D eigenvalue weighted by molar-refractivity contribution is 15.0. The van der Waals surface area contributed by atoms with E-state index in [2.05, 4.69) is 121 Å². The van der Waals surface area contributed by atoms with Gasteiger partial charge in [-0.15, -0.1) is 0 Å². The van der Waals surface area contributed by atoms with Crippen molar-refractivity contribution >= 4 is 84.1 Å². The number of carbonyl (C=O) groups excluding carboxylic acids is 8. The maximum atomic E-state index is 13.4. The molecule has 1 aromatic rings. The first-order chi connectivity index (χ1) is 42.7. The minimum absolute atomic E-state index is 0. The normalized spacial score (nSPS) is 43.1. The van der Waals surface area contributed by atoms with Gasteiger partial charge in [-0.3, -0.25) is 38.4 Å². The van der Waals surface area contributed by atoms with E-state index < -0.39 is 5.60 Å². The van der Waals surface area contributed by atoms with Crippen molar-refractivity contribution in [2.45, 2.75) is 233 Å². The largest absolute Gasteiger partial charge is 0.466 e. The lowest BCUT2D eigenvalue weighted by atomic mass is 9.47. The zero-order chi connectivity index (χ0) is 63.9. The molecular formula is C77H94I2O12. The Bertz CT molecular complexity index is 3570. The first-order valence-electron chi connectivity index (χ1n) is 33.8. The van der Waals surface area contributed by atoms with Gasteiger partial charge < -0.3 is 18.6 Å². The molecule has 3 aliphatic heterocycles. The molecular weight excluding hydrogens is 1370 g/mol. The third-order valence-electron chi connectivity index (χ3n) is 27.7. The second-order valence-electron chi connectivity index (χ2n) is 31.4. The van der Waals surface area contributed by atoms with E-state index in [9.17, 15) is 38.4 Å². The number of rotatable bonds is 4. The van der Waals surface area contributed by atoms with Crippen LogP contribution in [0.4, 0.5) is 0 Å². The van der Waals surface area contributed by atoms with Crippen LogP contribution >= 0.6 is 37.2 Å². The van der Waals surface area contributed by atoms with Crippen LogP contribution in [-0.4, -0.2) is 63.6 Å². The Kier molecular flexibility index (Phi) is 17.3. The molecule has 8 fully saturated rings. The maximum Gasteiger partial charge on any atom is 0.306 e. The molecule has 16 rings (SSSR count). The summed E-state index contributed by atoms with van der Waals surface area (Å²) in [6.07, 6.45) is 38.9. The van der Waals surface area contributed by atoms with Gasteiger partial charge in [-0.25, -0.2) is 0 Å². The molecule has 17 atom stereocenters. The maximum absolute atomic E-state index is 13.4. The Hall–Kier alpha value is -4.58. The predicted molar refractivity (Wildman–Crippen MR) is 364 cm³/mol. The Morgan fingerprint density at radius 1 is 0.527 bits per heavy atom. The summed E-state index contributed by atoms with van der Waals surface area (Å²) in [5.74, 6) is 4.34. The lowest BCUT2D eigenvalue weighted by Crippen LogP contribution is -2.53. The number of aryl methyl sites for hydroxylation is 1. The molecule has 3 spiro atoms. The first-order valence-corrected chi connectivity index (χ1v) is 40.1. The van der Waals surface area contributed by atoms with Crippen LogP contribution in [0, 0.1) is 80.8 Å². The second-order valence-corrected chi connectivity index (χ2v) is 31.4. The first kappa shape index (κ1) is 66.4. The van der Waals surface area contributed by atoms with Crippen molar-refractivity contribution in [2.75, 3.05) is 0 Å². The number of ketones is 5. The van der Waals surface area contributed by atoms with Gasteiger partial charge in [0.1, 0.15) is 28.3 Å². The summed E-state index contributed by atoms with van der Waals surface area (Å²) in [7, 11) is 0. The molecule has 0 bridgehead atoms. The van der Waals surface area contributed by atoms with Crippen LogP contribution in [0.3, 0.4) is 0 Å². The quantitative estimate of drug-likeness (QED) is 0.0917. The third kappa shape index (κ3) is 10.1. The van der Waals surface area contributed by atoms with Crippen molar-refractivity contribution in [2.24, 2.45) is 73.9 Å². The summed E-state index contributed by atoms with van der Waals surface area (Å²) >= 11 is 4.24. The molecule has 5 saturated carbocycles. The monoisotopic (exact) mass is 1460 g/mol. The number of esters is 3. The number of allylic oxidation sites excluding steroid dienone is 16. The lowest BCUT2D eigenvalue weighted by Gasteiger charge is -2.56. The summed E-state index contributed by atoms with van der Waals surface area (Å²) < 4.78 is 24.3. The number of hydrogen-bond acceptors (Lipinski definition) is 12. The van der Waals surface area contributed by atoms with Crippen molar-refractivity contribution in [3.05, 3.63) is 118 Å². The van der Waals surface area contributed by atoms with Crippen molar-refractivity contribution in [1.29, 1.82) is 0 Å². The summed E-state index contributed by atoms with van der Waals surface area (Å²) in [5.41, 5.74) is 6.48. The molecule has 2 unspecified atom stereocenters. The van der Waals surface area contributed by atoms with Gasteiger partial charge >= 0.3 is 17.9 Å². The molecule has 15 aliphatic rings. The number of halogens is 2. The van der Waals surface area contributed by atoms with Gasteiger partial charge in [0.25, 0.3) is 0 Å². The van der Waals surface area contributed by atoms with Crippen LogP contribution in [-0.2, 0) is 52.6 Å². The summed E-state index contributed by atoms with van der Waals surface area (Å²) in [5, 5.41) is 0. The Balaban J connectivity index is 0.000000130. The fourth-order valence-corrected chi connectivity index (χ4v) is 22.5. The smallest absolute Gasteiger partial charge is 0.306 e. The minimum atomic E-state index is -0.431. The highest BCUT2D eigenvalue weighted by Gasteiger charge is 2.70. The van der Waals surface area contributed by atoms with Crippen LogP contribution < -0.4 is 0 Å². The van der Waals surface area contributed by atoms with Crippen LogP contribution in [0.5, 0.6) is 0 Å². The highest BCUT2D eigenvalue weighted by Crippen LogP contribution is 2.73. The topological polar surface area (TPSA) is 177 Å². The van der Waals surface area contributed by atoms with E-state index in [-0.39, 0.29) is 122 Å². The molecule has 91 heavy (non-hydrogen) atoms. The Morgan fingerprint density at radius 2 is 0.978 bits per heavy atom. The molecule has 12 nitrogen and oxygen atoms in total. The third-order valence-corrected chi connectivity index (χ3v) is 27.7. The van der Waals surface area contributed by atoms with E-state index >= 15 is 0 Å². The average molecular weight is 1470 g/mol. The molecule has 1 aromatic heterocycles. The number of fused-ring (bicyclic) bond motifs is 18. The van der Waals surface area contributed by atoms with Crippen LogP contribution in [0.25, 0.3) is 0 Å². The predicted octanol–water partition coefficient (Wildman–Crippen LogP) is 17.0. The molecule has 12 aliphatic carbocycles. The van der Waals surface area contributed by atoms with E-state index in [0.717, 1.165) is 120 Å². The zero-order valence-corrected chi connectivity index (χ0v) is 58.3. The summed E-state index contributed by atoms with van der Waals surface area (Å²) in [4.78, 5) is 97.6.